The van der Waals surface area contributed by atoms with Gasteiger partial charge in [-0.3, -0.25) is 0 Å². The second-order valence-corrected chi connectivity index (χ2v) is 4.61. The van der Waals surface area contributed by atoms with Crippen LogP contribution in [0.4, 0.5) is 0 Å². The number of fused-ring (bicyclic) bond motifs is 1. The summed E-state index contributed by atoms with van der Waals surface area (Å²) in [5.41, 5.74) is 3.13. The van der Waals surface area contributed by atoms with E-state index in [9.17, 15) is 4.79 Å². The van der Waals surface area contributed by atoms with Gasteiger partial charge in [0, 0.05) is 2.85 Å². The Balaban J connectivity index is 0.00000144. The summed E-state index contributed by atoms with van der Waals surface area (Å²) in [5.74, 6) is 0. The SMILES string of the molecule is CCC(C)(CC)c1ccc2[nH]c(=O)[nH]c2c1.[HH].[HH]. The number of benzene rings is 1. The zero-order valence-corrected chi connectivity index (χ0v) is 10.1. The van der Waals surface area contributed by atoms with E-state index in [-0.39, 0.29) is 14.0 Å². The van der Waals surface area contributed by atoms with Crippen LogP contribution in [0.2, 0.25) is 0 Å². The van der Waals surface area contributed by atoms with E-state index in [1.807, 2.05) is 6.07 Å². The van der Waals surface area contributed by atoms with Crippen LogP contribution in [0, 0.1) is 0 Å². The van der Waals surface area contributed by atoms with Crippen molar-refractivity contribution in [3.8, 4) is 0 Å². The van der Waals surface area contributed by atoms with E-state index >= 15 is 0 Å². The number of aromatic amines is 2. The highest BCUT2D eigenvalue weighted by molar-refractivity contribution is 5.75. The molecule has 0 fully saturated rings. The maximum Gasteiger partial charge on any atom is 0.323 e. The van der Waals surface area contributed by atoms with Crippen molar-refractivity contribution in [3.63, 3.8) is 0 Å². The maximum atomic E-state index is 11.2. The van der Waals surface area contributed by atoms with Crippen LogP contribution in [-0.2, 0) is 5.41 Å². The third kappa shape index (κ3) is 1.66. The van der Waals surface area contributed by atoms with Crippen molar-refractivity contribution in [2.75, 3.05) is 0 Å². The predicted octanol–water partition coefficient (Wildman–Crippen LogP) is 3.43. The summed E-state index contributed by atoms with van der Waals surface area (Å²) in [6, 6.07) is 6.17. The van der Waals surface area contributed by atoms with Gasteiger partial charge in [0.1, 0.15) is 0 Å². The van der Waals surface area contributed by atoms with Crippen LogP contribution in [0.15, 0.2) is 23.0 Å². The summed E-state index contributed by atoms with van der Waals surface area (Å²) in [5, 5.41) is 0. The highest BCUT2D eigenvalue weighted by Crippen LogP contribution is 2.31. The summed E-state index contributed by atoms with van der Waals surface area (Å²) in [6.07, 6.45) is 2.20. The second-order valence-electron chi connectivity index (χ2n) is 4.61. The van der Waals surface area contributed by atoms with E-state index < -0.39 is 0 Å². The molecule has 2 aromatic rings. The quantitative estimate of drug-likeness (QED) is 0.821. The van der Waals surface area contributed by atoms with Gasteiger partial charge in [-0.25, -0.2) is 4.79 Å². The first-order chi connectivity index (χ1) is 7.59. The molecule has 0 amide bonds. The van der Waals surface area contributed by atoms with Crippen molar-refractivity contribution in [2.24, 2.45) is 0 Å². The van der Waals surface area contributed by atoms with Gasteiger partial charge in [0.2, 0.25) is 0 Å². The highest BCUT2D eigenvalue weighted by Gasteiger charge is 2.22. The van der Waals surface area contributed by atoms with Gasteiger partial charge in [-0.1, -0.05) is 26.8 Å². The molecular weight excluding hydrogens is 200 g/mol. The van der Waals surface area contributed by atoms with Crippen LogP contribution in [0.5, 0.6) is 0 Å². The average molecular weight is 222 g/mol. The predicted molar refractivity (Wildman–Crippen MR) is 71.1 cm³/mol. The Bertz CT molecular complexity index is 555. The van der Waals surface area contributed by atoms with E-state index in [1.165, 1.54) is 5.56 Å². The molecule has 0 aliphatic carbocycles. The molecule has 0 saturated heterocycles. The molecule has 3 heteroatoms. The molecule has 1 heterocycles. The first-order valence-electron chi connectivity index (χ1n) is 5.81. The molecule has 0 atom stereocenters. The van der Waals surface area contributed by atoms with Crippen molar-refractivity contribution in [3.05, 3.63) is 34.2 Å². The Hall–Kier alpha value is -1.51. The Kier molecular flexibility index (Phi) is 2.62. The first kappa shape index (κ1) is 11.0. The molecule has 16 heavy (non-hydrogen) atoms. The fraction of sp³-hybridized carbons (Fsp3) is 0.462. The first-order valence-corrected chi connectivity index (χ1v) is 5.81. The van der Waals surface area contributed by atoms with Gasteiger partial charge in [-0.15, -0.1) is 0 Å². The zero-order chi connectivity index (χ0) is 11.8. The van der Waals surface area contributed by atoms with Crippen molar-refractivity contribution in [1.82, 2.24) is 9.97 Å². The summed E-state index contributed by atoms with van der Waals surface area (Å²) < 4.78 is 0. The molecule has 0 radical (unpaired) electrons. The van der Waals surface area contributed by atoms with Gasteiger partial charge in [0.05, 0.1) is 11.0 Å². The largest absolute Gasteiger partial charge is 0.323 e. The van der Waals surface area contributed by atoms with E-state index in [1.54, 1.807) is 0 Å². The van der Waals surface area contributed by atoms with Crippen molar-refractivity contribution >= 4 is 11.0 Å². The summed E-state index contributed by atoms with van der Waals surface area (Å²) in [6.45, 7) is 6.67. The molecule has 3 nitrogen and oxygen atoms in total. The molecule has 0 unspecified atom stereocenters. The lowest BCUT2D eigenvalue weighted by Crippen LogP contribution is -2.19. The highest BCUT2D eigenvalue weighted by atomic mass is 16.1. The lowest BCUT2D eigenvalue weighted by Gasteiger charge is -2.27. The van der Waals surface area contributed by atoms with Crippen LogP contribution in [0.1, 0.15) is 42.0 Å². The number of H-pyrrole nitrogens is 2. The summed E-state index contributed by atoms with van der Waals surface area (Å²) in [7, 11) is 0. The molecule has 90 valence electrons. The summed E-state index contributed by atoms with van der Waals surface area (Å²) in [4.78, 5) is 16.7. The Labute approximate surface area is 97.9 Å². The van der Waals surface area contributed by atoms with Crippen LogP contribution >= 0.6 is 0 Å². The van der Waals surface area contributed by atoms with Crippen molar-refractivity contribution in [2.45, 2.75) is 39.0 Å². The molecule has 0 aliphatic heterocycles. The molecule has 0 spiro atoms. The molecule has 1 aromatic heterocycles. The molecular formula is C13H22N2O. The van der Waals surface area contributed by atoms with Crippen molar-refractivity contribution < 1.29 is 2.85 Å². The lowest BCUT2D eigenvalue weighted by atomic mass is 9.78. The minimum Gasteiger partial charge on any atom is -0.306 e. The number of hydrogen-bond acceptors (Lipinski definition) is 1. The third-order valence-electron chi connectivity index (χ3n) is 3.77. The van der Waals surface area contributed by atoms with Gasteiger partial charge in [0.25, 0.3) is 0 Å². The normalized spacial score (nSPS) is 12.2. The number of rotatable bonds is 3. The fourth-order valence-corrected chi connectivity index (χ4v) is 2.07. The standard InChI is InChI=1S/C13H18N2O.2H2/c1-4-13(3,5-2)9-6-7-10-11(8-9)15-12(16)14-10;;/h6-8H,4-5H2,1-3H3,(H2,14,15,16);2*1H. The van der Waals surface area contributed by atoms with Gasteiger partial charge in [-0.05, 0) is 36.0 Å². The fourth-order valence-electron chi connectivity index (χ4n) is 2.07. The van der Waals surface area contributed by atoms with Gasteiger partial charge < -0.3 is 9.97 Å². The third-order valence-corrected chi connectivity index (χ3v) is 3.77. The monoisotopic (exact) mass is 222 g/mol. The maximum absolute atomic E-state index is 11.2. The Morgan fingerprint density at radius 2 is 1.81 bits per heavy atom. The molecule has 0 saturated carbocycles. The van der Waals surface area contributed by atoms with Gasteiger partial charge in [-0.2, -0.15) is 0 Å². The van der Waals surface area contributed by atoms with E-state index in [0.29, 0.717) is 0 Å². The Morgan fingerprint density at radius 1 is 1.19 bits per heavy atom. The van der Waals surface area contributed by atoms with E-state index in [0.717, 1.165) is 23.9 Å². The lowest BCUT2D eigenvalue weighted by molar-refractivity contribution is 0.439. The van der Waals surface area contributed by atoms with Crippen LogP contribution < -0.4 is 5.69 Å². The molecule has 0 aliphatic rings. The van der Waals surface area contributed by atoms with Crippen molar-refractivity contribution in [1.29, 1.82) is 0 Å². The number of nitrogens with one attached hydrogen (secondary N) is 2. The zero-order valence-electron chi connectivity index (χ0n) is 10.1. The molecule has 1 aromatic carbocycles. The number of hydrogen-bond donors (Lipinski definition) is 2. The average Bonchev–Trinajstić information content (AvgIpc) is 2.67. The van der Waals surface area contributed by atoms with Crippen LogP contribution in [0.3, 0.4) is 0 Å². The molecule has 2 N–H and O–H groups in total. The van der Waals surface area contributed by atoms with Gasteiger partial charge in [0.15, 0.2) is 0 Å². The smallest absolute Gasteiger partial charge is 0.306 e. The molecule has 0 bridgehead atoms. The van der Waals surface area contributed by atoms with Crippen LogP contribution in [-0.4, -0.2) is 9.97 Å². The molecule has 2 rings (SSSR count). The van der Waals surface area contributed by atoms with E-state index in [4.69, 9.17) is 0 Å². The minimum absolute atomic E-state index is 0. The number of imidazole rings is 1. The Morgan fingerprint density at radius 3 is 2.44 bits per heavy atom. The van der Waals surface area contributed by atoms with Gasteiger partial charge >= 0.3 is 5.69 Å². The number of aromatic nitrogens is 2. The summed E-state index contributed by atoms with van der Waals surface area (Å²) >= 11 is 0. The van der Waals surface area contributed by atoms with Crippen LogP contribution in [0.25, 0.3) is 11.0 Å². The van der Waals surface area contributed by atoms with E-state index in [2.05, 4.69) is 42.9 Å². The topological polar surface area (TPSA) is 48.6 Å². The minimum atomic E-state index is -0.137. The second kappa shape index (κ2) is 3.81.